The van der Waals surface area contributed by atoms with Crippen LogP contribution in [-0.4, -0.2) is 47.7 Å². The summed E-state index contributed by atoms with van der Waals surface area (Å²) < 4.78 is 11.3. The number of carbonyl (C=O) groups excluding carboxylic acids is 2. The summed E-state index contributed by atoms with van der Waals surface area (Å²) in [6.45, 7) is 11.0. The van der Waals surface area contributed by atoms with Gasteiger partial charge in [-0.05, 0) is 47.5 Å². The molecule has 1 saturated heterocycles. The van der Waals surface area contributed by atoms with Crippen LogP contribution in [0.1, 0.15) is 53.9 Å². The maximum Gasteiger partial charge on any atom is 0.410 e. The van der Waals surface area contributed by atoms with Crippen LogP contribution in [0.4, 0.5) is 4.79 Å². The van der Waals surface area contributed by atoms with Crippen LogP contribution in [0.25, 0.3) is 0 Å². The number of amides is 1. The van der Waals surface area contributed by atoms with Crippen LogP contribution in [0, 0.1) is 0 Å². The third kappa shape index (κ3) is 7.07. The molecule has 5 nitrogen and oxygen atoms in total. The minimum absolute atomic E-state index is 0.146. The summed E-state index contributed by atoms with van der Waals surface area (Å²) in [6, 6.07) is 0. The first kappa shape index (κ1) is 18.7. The zero-order chi connectivity index (χ0) is 16.8. The van der Waals surface area contributed by atoms with E-state index in [0.29, 0.717) is 26.1 Å². The van der Waals surface area contributed by atoms with Gasteiger partial charge in [0.1, 0.15) is 11.4 Å². The van der Waals surface area contributed by atoms with E-state index < -0.39 is 5.60 Å². The van der Waals surface area contributed by atoms with Crippen LogP contribution in [-0.2, 0) is 14.3 Å². The average Bonchev–Trinajstić information content (AvgIpc) is 2.36. The molecule has 22 heavy (non-hydrogen) atoms. The Labute approximate surface area is 133 Å². The SMILES string of the molecule is CC(=O)C/C=C/COC1(C)CCN(C(=O)OC(C)(C)C)CC1. The molecule has 0 unspecified atom stereocenters. The molecule has 1 amide bonds. The normalized spacial score (nSPS) is 18.5. The molecule has 0 N–H and O–H groups in total. The van der Waals surface area contributed by atoms with Gasteiger partial charge in [-0.2, -0.15) is 0 Å². The largest absolute Gasteiger partial charge is 0.444 e. The number of rotatable bonds is 5. The molecule has 1 aliphatic heterocycles. The molecule has 0 saturated carbocycles. The summed E-state index contributed by atoms with van der Waals surface area (Å²) >= 11 is 0. The van der Waals surface area contributed by atoms with Gasteiger partial charge in [0.15, 0.2) is 0 Å². The molecule has 1 fully saturated rings. The number of hydrogen-bond donors (Lipinski definition) is 0. The molecular formula is C17H29NO4. The molecule has 0 aromatic heterocycles. The smallest absolute Gasteiger partial charge is 0.410 e. The molecule has 0 bridgehead atoms. The van der Waals surface area contributed by atoms with Gasteiger partial charge in [-0.15, -0.1) is 0 Å². The molecule has 1 rings (SSSR count). The first-order chi connectivity index (χ1) is 10.1. The number of ketones is 1. The lowest BCUT2D eigenvalue weighted by atomic mass is 9.93. The van der Waals surface area contributed by atoms with Gasteiger partial charge in [-0.25, -0.2) is 4.79 Å². The predicted octanol–water partition coefficient (Wildman–Crippen LogP) is 3.33. The second kappa shape index (κ2) is 7.77. The van der Waals surface area contributed by atoms with Crippen LogP contribution in [0.15, 0.2) is 12.2 Å². The molecule has 1 heterocycles. The standard InChI is InChI=1S/C17H29NO4/c1-14(19)8-6-7-13-21-17(5)9-11-18(12-10-17)15(20)22-16(2,3)4/h6-7H,8-13H2,1-5H3/b7-6+. The topological polar surface area (TPSA) is 55.8 Å². The number of piperidine rings is 1. The summed E-state index contributed by atoms with van der Waals surface area (Å²) in [5.74, 6) is 0.146. The van der Waals surface area contributed by atoms with Gasteiger partial charge in [-0.3, -0.25) is 4.79 Å². The molecule has 0 atom stereocenters. The number of likely N-dealkylation sites (tertiary alicyclic amines) is 1. The van der Waals surface area contributed by atoms with Crippen LogP contribution in [0.5, 0.6) is 0 Å². The Balaban J connectivity index is 2.35. The van der Waals surface area contributed by atoms with Gasteiger partial charge in [0.05, 0.1) is 12.2 Å². The van der Waals surface area contributed by atoms with E-state index in [2.05, 4.69) is 6.92 Å². The molecule has 126 valence electrons. The average molecular weight is 311 g/mol. The number of nitrogens with zero attached hydrogens (tertiary/aromatic N) is 1. The van der Waals surface area contributed by atoms with Gasteiger partial charge >= 0.3 is 6.09 Å². The third-order valence-electron chi connectivity index (χ3n) is 3.57. The highest BCUT2D eigenvalue weighted by Crippen LogP contribution is 2.26. The minimum Gasteiger partial charge on any atom is -0.444 e. The van der Waals surface area contributed by atoms with Crippen molar-refractivity contribution in [1.82, 2.24) is 4.90 Å². The van der Waals surface area contributed by atoms with Gasteiger partial charge in [0.2, 0.25) is 0 Å². The number of Topliss-reactive ketones (excluding diaryl/α,β-unsaturated/α-hetero) is 1. The van der Waals surface area contributed by atoms with Crippen molar-refractivity contribution < 1.29 is 19.1 Å². The predicted molar refractivity (Wildman–Crippen MR) is 85.8 cm³/mol. The van der Waals surface area contributed by atoms with Crippen molar-refractivity contribution >= 4 is 11.9 Å². The van der Waals surface area contributed by atoms with Crippen molar-refractivity contribution in [2.24, 2.45) is 0 Å². The van der Waals surface area contributed by atoms with Gasteiger partial charge in [0, 0.05) is 19.5 Å². The highest BCUT2D eigenvalue weighted by molar-refractivity contribution is 5.76. The molecule has 0 aromatic rings. The second-order valence-corrected chi connectivity index (χ2v) is 7.11. The summed E-state index contributed by atoms with van der Waals surface area (Å²) in [7, 11) is 0. The fraction of sp³-hybridized carbons (Fsp3) is 0.765. The Morgan fingerprint density at radius 1 is 1.18 bits per heavy atom. The van der Waals surface area contributed by atoms with E-state index in [1.54, 1.807) is 11.8 Å². The highest BCUT2D eigenvalue weighted by atomic mass is 16.6. The Hall–Kier alpha value is -1.36. The number of carbonyl (C=O) groups is 2. The molecule has 0 radical (unpaired) electrons. The van der Waals surface area contributed by atoms with Crippen molar-refractivity contribution in [3.8, 4) is 0 Å². The Morgan fingerprint density at radius 3 is 2.27 bits per heavy atom. The Bertz CT molecular complexity index is 415. The molecule has 0 aliphatic carbocycles. The van der Waals surface area contributed by atoms with Crippen LogP contribution < -0.4 is 0 Å². The maximum atomic E-state index is 12.0. The van der Waals surface area contributed by atoms with Gasteiger partial charge < -0.3 is 14.4 Å². The molecule has 5 heteroatoms. The monoisotopic (exact) mass is 311 g/mol. The van der Waals surface area contributed by atoms with Gasteiger partial charge in [-0.1, -0.05) is 12.2 Å². The summed E-state index contributed by atoms with van der Waals surface area (Å²) in [5.41, 5.74) is -0.686. The lowest BCUT2D eigenvalue weighted by Crippen LogP contribution is -2.48. The fourth-order valence-electron chi connectivity index (χ4n) is 2.20. The molecule has 0 aromatic carbocycles. The lowest BCUT2D eigenvalue weighted by molar-refractivity contribution is -0.116. The Kier molecular flexibility index (Phi) is 6.60. The van der Waals surface area contributed by atoms with E-state index in [1.165, 1.54) is 0 Å². The molecular weight excluding hydrogens is 282 g/mol. The van der Waals surface area contributed by atoms with E-state index in [9.17, 15) is 9.59 Å². The minimum atomic E-state index is -0.462. The van der Waals surface area contributed by atoms with E-state index in [4.69, 9.17) is 9.47 Å². The first-order valence-electron chi connectivity index (χ1n) is 7.88. The number of allylic oxidation sites excluding steroid dienone is 1. The zero-order valence-electron chi connectivity index (χ0n) is 14.5. The summed E-state index contributed by atoms with van der Waals surface area (Å²) in [4.78, 5) is 24.6. The summed E-state index contributed by atoms with van der Waals surface area (Å²) in [6.07, 6.45) is 5.48. The van der Waals surface area contributed by atoms with Crippen molar-refractivity contribution in [2.75, 3.05) is 19.7 Å². The van der Waals surface area contributed by atoms with Crippen molar-refractivity contribution in [3.05, 3.63) is 12.2 Å². The quantitative estimate of drug-likeness (QED) is 0.731. The highest BCUT2D eigenvalue weighted by Gasteiger charge is 2.34. The maximum absolute atomic E-state index is 12.0. The van der Waals surface area contributed by atoms with Crippen molar-refractivity contribution in [2.45, 2.75) is 65.1 Å². The van der Waals surface area contributed by atoms with E-state index in [1.807, 2.05) is 32.9 Å². The van der Waals surface area contributed by atoms with E-state index >= 15 is 0 Å². The van der Waals surface area contributed by atoms with Crippen molar-refractivity contribution in [3.63, 3.8) is 0 Å². The molecule has 1 aliphatic rings. The summed E-state index contributed by atoms with van der Waals surface area (Å²) in [5, 5.41) is 0. The third-order valence-corrected chi connectivity index (χ3v) is 3.57. The van der Waals surface area contributed by atoms with E-state index in [0.717, 1.165) is 12.8 Å². The van der Waals surface area contributed by atoms with Gasteiger partial charge in [0.25, 0.3) is 0 Å². The zero-order valence-corrected chi connectivity index (χ0v) is 14.5. The fourth-order valence-corrected chi connectivity index (χ4v) is 2.20. The number of ether oxygens (including phenoxy) is 2. The van der Waals surface area contributed by atoms with Crippen LogP contribution in [0.2, 0.25) is 0 Å². The Morgan fingerprint density at radius 2 is 1.77 bits per heavy atom. The van der Waals surface area contributed by atoms with E-state index in [-0.39, 0.29) is 17.5 Å². The lowest BCUT2D eigenvalue weighted by Gasteiger charge is -2.39. The molecule has 0 spiro atoms. The number of hydrogen-bond acceptors (Lipinski definition) is 4. The van der Waals surface area contributed by atoms with Crippen LogP contribution >= 0.6 is 0 Å². The second-order valence-electron chi connectivity index (χ2n) is 7.11. The van der Waals surface area contributed by atoms with Crippen molar-refractivity contribution in [1.29, 1.82) is 0 Å². The van der Waals surface area contributed by atoms with Crippen LogP contribution in [0.3, 0.4) is 0 Å². The first-order valence-corrected chi connectivity index (χ1v) is 7.88.